The van der Waals surface area contributed by atoms with Crippen LogP contribution >= 0.6 is 0 Å². The summed E-state index contributed by atoms with van der Waals surface area (Å²) in [5, 5.41) is 12.0. The van der Waals surface area contributed by atoms with Crippen LogP contribution in [0.5, 0.6) is 5.75 Å². The van der Waals surface area contributed by atoms with Crippen LogP contribution in [0.15, 0.2) is 53.5 Å². The summed E-state index contributed by atoms with van der Waals surface area (Å²) in [7, 11) is 0. The summed E-state index contributed by atoms with van der Waals surface area (Å²) < 4.78 is 94.5. The lowest BCUT2D eigenvalue weighted by Crippen LogP contribution is -2.18. The standard InChI is InChI=1S/C22H14F7N3O2/c23-12-3-1-11(14(8-12)22(27,28)29)9-30-17-7-10(2-5-15(17)24)20-31-21(34-32-20)13-4-6-16(25)19(33)18(13)26/h1-8,21,30,33H,9H2,(H,31,32). The lowest BCUT2D eigenvalue weighted by molar-refractivity contribution is -0.138. The van der Waals surface area contributed by atoms with Crippen LogP contribution in [0.2, 0.25) is 0 Å². The minimum absolute atomic E-state index is 0.0222. The van der Waals surface area contributed by atoms with Crippen molar-refractivity contribution in [3.8, 4) is 5.75 Å². The summed E-state index contributed by atoms with van der Waals surface area (Å²) in [6.45, 7) is -0.464. The molecule has 0 fully saturated rings. The minimum atomic E-state index is -4.81. The third-order valence-electron chi connectivity index (χ3n) is 4.96. The third-order valence-corrected chi connectivity index (χ3v) is 4.96. The van der Waals surface area contributed by atoms with Gasteiger partial charge < -0.3 is 10.4 Å². The zero-order chi connectivity index (χ0) is 24.6. The highest BCUT2D eigenvalue weighted by Gasteiger charge is 2.33. The Hall–Kier alpha value is -3.80. The van der Waals surface area contributed by atoms with Gasteiger partial charge in [-0.2, -0.15) is 13.2 Å². The van der Waals surface area contributed by atoms with Crippen LogP contribution in [-0.2, 0) is 17.6 Å². The molecule has 4 rings (SSSR count). The van der Waals surface area contributed by atoms with Gasteiger partial charge in [-0.05, 0) is 48.0 Å². The second kappa shape index (κ2) is 8.86. The van der Waals surface area contributed by atoms with Gasteiger partial charge in [0, 0.05) is 17.7 Å². The Morgan fingerprint density at radius 1 is 0.971 bits per heavy atom. The number of rotatable bonds is 5. The van der Waals surface area contributed by atoms with Crippen LogP contribution in [0.4, 0.5) is 36.4 Å². The van der Waals surface area contributed by atoms with E-state index in [-0.39, 0.29) is 28.2 Å². The number of aliphatic imine (C=N–C) groups is 1. The molecule has 3 aromatic carbocycles. The number of amidine groups is 1. The molecule has 3 aromatic rings. The van der Waals surface area contributed by atoms with E-state index >= 15 is 0 Å². The Bertz CT molecular complexity index is 1280. The molecular weight excluding hydrogens is 471 g/mol. The van der Waals surface area contributed by atoms with Gasteiger partial charge in [-0.15, -0.1) is 0 Å². The smallest absolute Gasteiger partial charge is 0.416 e. The van der Waals surface area contributed by atoms with E-state index in [1.807, 2.05) is 0 Å². The summed E-state index contributed by atoms with van der Waals surface area (Å²) in [4.78, 5) is 9.22. The molecule has 0 saturated heterocycles. The van der Waals surface area contributed by atoms with Gasteiger partial charge in [0.05, 0.1) is 11.3 Å². The van der Waals surface area contributed by atoms with Gasteiger partial charge in [0.15, 0.2) is 23.2 Å². The number of anilines is 1. The summed E-state index contributed by atoms with van der Waals surface area (Å²) >= 11 is 0. The van der Waals surface area contributed by atoms with E-state index in [9.17, 15) is 35.8 Å². The first-order valence-corrected chi connectivity index (χ1v) is 9.60. The first-order chi connectivity index (χ1) is 16.0. The van der Waals surface area contributed by atoms with Crippen LogP contribution in [0.3, 0.4) is 0 Å². The van der Waals surface area contributed by atoms with Crippen molar-refractivity contribution in [1.29, 1.82) is 0 Å². The van der Waals surface area contributed by atoms with E-state index in [1.165, 1.54) is 12.1 Å². The van der Waals surface area contributed by atoms with Gasteiger partial charge in [-0.25, -0.2) is 32.9 Å². The van der Waals surface area contributed by atoms with Crippen molar-refractivity contribution < 1.29 is 40.7 Å². The number of halogens is 7. The molecular formula is C22H14F7N3O2. The highest BCUT2D eigenvalue weighted by molar-refractivity contribution is 5.99. The first kappa shape index (κ1) is 23.4. The molecule has 0 saturated carbocycles. The molecule has 0 spiro atoms. The van der Waals surface area contributed by atoms with Crippen molar-refractivity contribution in [2.45, 2.75) is 18.9 Å². The van der Waals surface area contributed by atoms with E-state index in [4.69, 9.17) is 4.84 Å². The van der Waals surface area contributed by atoms with Gasteiger partial charge in [-0.1, -0.05) is 6.07 Å². The van der Waals surface area contributed by atoms with Crippen molar-refractivity contribution in [2.24, 2.45) is 4.99 Å². The molecule has 1 heterocycles. The number of hydrogen-bond donors (Lipinski definition) is 3. The SMILES string of the molecule is Oc1c(F)ccc(C2N=C(c3ccc(F)c(NCc4ccc(F)cc4C(F)(F)F)c3)NO2)c1F. The van der Waals surface area contributed by atoms with Gasteiger partial charge in [-0.3, -0.25) is 0 Å². The second-order valence-corrected chi connectivity index (χ2v) is 7.20. The Morgan fingerprint density at radius 2 is 1.71 bits per heavy atom. The summed E-state index contributed by atoms with van der Waals surface area (Å²) in [6.07, 6.45) is -6.10. The molecule has 1 atom stereocenters. The normalized spacial score (nSPS) is 15.7. The summed E-state index contributed by atoms with van der Waals surface area (Å²) in [6, 6.07) is 7.55. The molecule has 0 amide bonds. The first-order valence-electron chi connectivity index (χ1n) is 9.60. The van der Waals surface area contributed by atoms with Crippen molar-refractivity contribution >= 4 is 11.5 Å². The fourth-order valence-corrected chi connectivity index (χ4v) is 3.26. The molecule has 178 valence electrons. The predicted octanol–water partition coefficient (Wildman–Crippen LogP) is 5.56. The quantitative estimate of drug-likeness (QED) is 0.414. The fourth-order valence-electron chi connectivity index (χ4n) is 3.26. The average Bonchev–Trinajstić information content (AvgIpc) is 3.27. The number of hydrogen-bond acceptors (Lipinski definition) is 5. The molecule has 0 aromatic heterocycles. The molecule has 5 nitrogen and oxygen atoms in total. The van der Waals surface area contributed by atoms with Crippen molar-refractivity contribution in [1.82, 2.24) is 5.48 Å². The second-order valence-electron chi connectivity index (χ2n) is 7.20. The van der Waals surface area contributed by atoms with E-state index in [1.54, 1.807) is 0 Å². The van der Waals surface area contributed by atoms with Gasteiger partial charge in [0.2, 0.25) is 6.23 Å². The Morgan fingerprint density at radius 3 is 2.44 bits per heavy atom. The lowest BCUT2D eigenvalue weighted by atomic mass is 10.1. The molecule has 1 aliphatic heterocycles. The lowest BCUT2D eigenvalue weighted by Gasteiger charge is -2.15. The zero-order valence-electron chi connectivity index (χ0n) is 16.9. The van der Waals surface area contributed by atoms with E-state index in [0.29, 0.717) is 6.07 Å². The Balaban J connectivity index is 1.57. The van der Waals surface area contributed by atoms with Gasteiger partial charge >= 0.3 is 6.18 Å². The number of phenols is 1. The minimum Gasteiger partial charge on any atom is -0.503 e. The number of phenolic OH excluding ortho intramolecular Hbond substituents is 1. The maximum atomic E-state index is 14.3. The topological polar surface area (TPSA) is 65.9 Å². The van der Waals surface area contributed by atoms with E-state index < -0.39 is 53.5 Å². The Kier molecular flexibility index (Phi) is 6.09. The molecule has 1 unspecified atom stereocenters. The van der Waals surface area contributed by atoms with Crippen molar-refractivity contribution in [2.75, 3.05) is 5.32 Å². The van der Waals surface area contributed by atoms with E-state index in [2.05, 4.69) is 15.8 Å². The molecule has 0 aliphatic carbocycles. The molecule has 0 radical (unpaired) electrons. The van der Waals surface area contributed by atoms with Gasteiger partial charge in [0.1, 0.15) is 11.6 Å². The molecule has 1 aliphatic rings. The number of hydroxylamine groups is 1. The number of alkyl halides is 3. The highest BCUT2D eigenvalue weighted by Crippen LogP contribution is 2.34. The third kappa shape index (κ3) is 4.62. The molecule has 34 heavy (non-hydrogen) atoms. The monoisotopic (exact) mass is 485 g/mol. The van der Waals surface area contributed by atoms with Crippen LogP contribution in [0.1, 0.15) is 28.5 Å². The average molecular weight is 485 g/mol. The number of nitrogens with zero attached hydrogens (tertiary/aromatic N) is 1. The maximum absolute atomic E-state index is 14.3. The summed E-state index contributed by atoms with van der Waals surface area (Å²) in [5.41, 5.74) is 0.687. The van der Waals surface area contributed by atoms with Crippen LogP contribution in [0, 0.1) is 23.3 Å². The number of benzene rings is 3. The molecule has 12 heteroatoms. The highest BCUT2D eigenvalue weighted by atomic mass is 19.4. The Labute approximate surface area is 187 Å². The molecule has 0 bridgehead atoms. The fraction of sp³-hybridized carbons (Fsp3) is 0.136. The van der Waals surface area contributed by atoms with Crippen LogP contribution in [0.25, 0.3) is 0 Å². The largest absolute Gasteiger partial charge is 0.503 e. The maximum Gasteiger partial charge on any atom is 0.416 e. The van der Waals surface area contributed by atoms with Crippen molar-refractivity contribution in [3.05, 3.63) is 94.1 Å². The summed E-state index contributed by atoms with van der Waals surface area (Å²) in [5.74, 6) is -5.45. The number of aromatic hydroxyl groups is 1. The predicted molar refractivity (Wildman–Crippen MR) is 107 cm³/mol. The van der Waals surface area contributed by atoms with Crippen LogP contribution in [-0.4, -0.2) is 10.9 Å². The van der Waals surface area contributed by atoms with Gasteiger partial charge in [0.25, 0.3) is 0 Å². The van der Waals surface area contributed by atoms with Crippen molar-refractivity contribution in [3.63, 3.8) is 0 Å². The molecule has 3 N–H and O–H groups in total. The number of nitrogens with one attached hydrogen (secondary N) is 2. The van der Waals surface area contributed by atoms with E-state index in [0.717, 1.165) is 30.3 Å². The zero-order valence-corrected chi connectivity index (χ0v) is 16.9. The van der Waals surface area contributed by atoms with Crippen LogP contribution < -0.4 is 10.8 Å².